The molecular weight excluding hydrogens is 376 g/mol. The van der Waals surface area contributed by atoms with Crippen LogP contribution in [-0.2, 0) is 0 Å². The molecule has 1 saturated heterocycles. The molecule has 29 heavy (non-hydrogen) atoms. The highest BCUT2D eigenvalue weighted by Gasteiger charge is 2.25. The topological polar surface area (TPSA) is 88.8 Å². The van der Waals surface area contributed by atoms with Crippen molar-refractivity contribution in [3.63, 3.8) is 0 Å². The first-order chi connectivity index (χ1) is 14.2. The van der Waals surface area contributed by atoms with Crippen LogP contribution in [0.15, 0.2) is 46.0 Å². The molecule has 154 valence electrons. The molecule has 2 aliphatic rings. The Balaban J connectivity index is 1.20. The van der Waals surface area contributed by atoms with Gasteiger partial charge in [0.15, 0.2) is 23.2 Å². The summed E-state index contributed by atoms with van der Waals surface area (Å²) in [6.45, 7) is 3.98. The summed E-state index contributed by atoms with van der Waals surface area (Å²) in [5, 5.41) is 3.31. The summed E-state index contributed by atoms with van der Waals surface area (Å²) in [6.07, 6.45) is 1.51. The zero-order valence-electron chi connectivity index (χ0n) is 16.3. The summed E-state index contributed by atoms with van der Waals surface area (Å²) in [6, 6.07) is 8.94. The quantitative estimate of drug-likeness (QED) is 0.461. The Kier molecular flexibility index (Phi) is 5.73. The van der Waals surface area contributed by atoms with Gasteiger partial charge in [0.25, 0.3) is 5.91 Å². The molecule has 0 saturated carbocycles. The summed E-state index contributed by atoms with van der Waals surface area (Å²) in [5.74, 6) is 3.27. The number of hydrogen-bond acceptors (Lipinski definition) is 6. The molecule has 9 nitrogen and oxygen atoms in total. The van der Waals surface area contributed by atoms with Crippen LogP contribution in [0.3, 0.4) is 0 Å². The van der Waals surface area contributed by atoms with E-state index in [9.17, 15) is 4.79 Å². The van der Waals surface area contributed by atoms with Gasteiger partial charge in [-0.25, -0.2) is 0 Å². The van der Waals surface area contributed by atoms with Gasteiger partial charge in [-0.3, -0.25) is 9.79 Å². The highest BCUT2D eigenvalue weighted by Crippen LogP contribution is 2.34. The minimum Gasteiger partial charge on any atom is -0.492 e. The van der Waals surface area contributed by atoms with Crippen LogP contribution < -0.4 is 19.5 Å². The number of amides is 1. The second-order valence-corrected chi connectivity index (χ2v) is 6.59. The van der Waals surface area contributed by atoms with E-state index in [0.29, 0.717) is 50.8 Å². The molecule has 1 N–H and O–H groups in total. The van der Waals surface area contributed by atoms with E-state index in [0.717, 1.165) is 17.5 Å². The predicted octanol–water partition coefficient (Wildman–Crippen LogP) is 1.42. The number of hydrogen-bond donors (Lipinski definition) is 1. The van der Waals surface area contributed by atoms with Crippen molar-refractivity contribution in [1.29, 1.82) is 0 Å². The fourth-order valence-corrected chi connectivity index (χ4v) is 3.31. The maximum atomic E-state index is 12.4. The number of guanidine groups is 1. The molecule has 1 fully saturated rings. The second kappa shape index (κ2) is 8.76. The summed E-state index contributed by atoms with van der Waals surface area (Å²) >= 11 is 0. The second-order valence-electron chi connectivity index (χ2n) is 6.59. The minimum atomic E-state index is -0.0743. The third kappa shape index (κ3) is 4.39. The van der Waals surface area contributed by atoms with Crippen LogP contribution in [-0.4, -0.2) is 74.8 Å². The number of carbonyl (C=O) groups is 1. The molecule has 1 aromatic heterocycles. The molecule has 9 heteroatoms. The Labute approximate surface area is 168 Å². The van der Waals surface area contributed by atoms with E-state index in [1.165, 1.54) is 6.26 Å². The van der Waals surface area contributed by atoms with Crippen molar-refractivity contribution < 1.29 is 23.4 Å². The van der Waals surface area contributed by atoms with E-state index in [-0.39, 0.29) is 12.7 Å². The van der Waals surface area contributed by atoms with Crippen molar-refractivity contribution in [3.05, 3.63) is 42.4 Å². The van der Waals surface area contributed by atoms with Gasteiger partial charge in [-0.2, -0.15) is 0 Å². The van der Waals surface area contributed by atoms with Crippen molar-refractivity contribution in [2.75, 3.05) is 53.2 Å². The number of nitrogens with one attached hydrogen (secondary N) is 1. The smallest absolute Gasteiger partial charge is 0.289 e. The normalized spacial score (nSPS) is 16.1. The largest absolute Gasteiger partial charge is 0.492 e. The average Bonchev–Trinajstić information content (AvgIpc) is 3.45. The van der Waals surface area contributed by atoms with E-state index in [1.807, 2.05) is 18.2 Å². The molecule has 2 aliphatic heterocycles. The van der Waals surface area contributed by atoms with E-state index in [1.54, 1.807) is 24.1 Å². The van der Waals surface area contributed by atoms with Crippen LogP contribution in [0.2, 0.25) is 0 Å². The van der Waals surface area contributed by atoms with Crippen LogP contribution in [0, 0.1) is 0 Å². The lowest BCUT2D eigenvalue weighted by Gasteiger charge is -2.36. The summed E-state index contributed by atoms with van der Waals surface area (Å²) < 4.78 is 21.6. The molecule has 3 heterocycles. The molecule has 0 radical (unpaired) electrons. The van der Waals surface area contributed by atoms with Crippen molar-refractivity contribution in [2.24, 2.45) is 4.99 Å². The Morgan fingerprint density at radius 3 is 2.69 bits per heavy atom. The Morgan fingerprint density at radius 1 is 1.14 bits per heavy atom. The molecule has 1 aromatic carbocycles. The molecule has 4 rings (SSSR count). The first kappa shape index (κ1) is 19.0. The predicted molar refractivity (Wildman–Crippen MR) is 106 cm³/mol. The van der Waals surface area contributed by atoms with Gasteiger partial charge in [0.05, 0.1) is 12.8 Å². The number of aliphatic imine (C=N–C) groups is 1. The number of rotatable bonds is 5. The van der Waals surface area contributed by atoms with E-state index < -0.39 is 0 Å². The van der Waals surface area contributed by atoms with Crippen LogP contribution in [0.1, 0.15) is 10.6 Å². The highest BCUT2D eigenvalue weighted by atomic mass is 16.7. The van der Waals surface area contributed by atoms with Crippen LogP contribution in [0.4, 0.5) is 0 Å². The number of benzene rings is 1. The fraction of sp³-hybridized carbons (Fsp3) is 0.400. The zero-order chi connectivity index (χ0) is 20.1. The minimum absolute atomic E-state index is 0.0743. The number of piperazine rings is 1. The fourth-order valence-electron chi connectivity index (χ4n) is 3.31. The number of carbonyl (C=O) groups excluding carboxylic acids is 1. The first-order valence-electron chi connectivity index (χ1n) is 9.55. The van der Waals surface area contributed by atoms with Crippen molar-refractivity contribution in [1.82, 2.24) is 15.1 Å². The van der Waals surface area contributed by atoms with Gasteiger partial charge in [-0.1, -0.05) is 0 Å². The maximum absolute atomic E-state index is 12.4. The third-order valence-corrected chi connectivity index (χ3v) is 4.81. The van der Waals surface area contributed by atoms with Crippen LogP contribution >= 0.6 is 0 Å². The van der Waals surface area contributed by atoms with Gasteiger partial charge in [0.1, 0.15) is 12.4 Å². The van der Waals surface area contributed by atoms with Gasteiger partial charge in [-0.05, 0) is 24.3 Å². The monoisotopic (exact) mass is 400 g/mol. The van der Waals surface area contributed by atoms with E-state index in [2.05, 4.69) is 15.2 Å². The van der Waals surface area contributed by atoms with Crippen molar-refractivity contribution >= 4 is 11.9 Å². The SMILES string of the molecule is CN=C(NCCOc1ccc2c(c1)OCO2)N1CCN(C(=O)c2ccco2)CC1. The summed E-state index contributed by atoms with van der Waals surface area (Å²) in [5.41, 5.74) is 0. The molecular formula is C20H24N4O5. The van der Waals surface area contributed by atoms with E-state index >= 15 is 0 Å². The van der Waals surface area contributed by atoms with Gasteiger partial charge >= 0.3 is 0 Å². The lowest BCUT2D eigenvalue weighted by molar-refractivity contribution is 0.0657. The third-order valence-electron chi connectivity index (χ3n) is 4.81. The molecule has 0 atom stereocenters. The summed E-state index contributed by atoms with van der Waals surface area (Å²) in [4.78, 5) is 20.6. The lowest BCUT2D eigenvalue weighted by atomic mass is 10.3. The van der Waals surface area contributed by atoms with Gasteiger partial charge in [0.2, 0.25) is 6.79 Å². The maximum Gasteiger partial charge on any atom is 0.289 e. The molecule has 1 amide bonds. The molecule has 0 bridgehead atoms. The first-order valence-corrected chi connectivity index (χ1v) is 9.55. The van der Waals surface area contributed by atoms with Crippen LogP contribution in [0.25, 0.3) is 0 Å². The Bertz CT molecular complexity index is 860. The van der Waals surface area contributed by atoms with Crippen molar-refractivity contribution in [2.45, 2.75) is 0 Å². The van der Waals surface area contributed by atoms with Crippen molar-refractivity contribution in [3.8, 4) is 17.2 Å². The number of nitrogens with zero attached hydrogens (tertiary/aromatic N) is 3. The molecule has 0 unspecified atom stereocenters. The van der Waals surface area contributed by atoms with Gasteiger partial charge in [0, 0.05) is 39.3 Å². The van der Waals surface area contributed by atoms with Gasteiger partial charge < -0.3 is 33.7 Å². The molecule has 0 aliphatic carbocycles. The zero-order valence-corrected chi connectivity index (χ0v) is 16.3. The molecule has 2 aromatic rings. The number of fused-ring (bicyclic) bond motifs is 1. The molecule has 0 spiro atoms. The summed E-state index contributed by atoms with van der Waals surface area (Å²) in [7, 11) is 1.75. The number of furan rings is 1. The highest BCUT2D eigenvalue weighted by molar-refractivity contribution is 5.91. The van der Waals surface area contributed by atoms with Gasteiger partial charge in [-0.15, -0.1) is 0 Å². The standard InChI is InChI=1S/C20H24N4O5/c1-21-20(22-6-12-26-15-4-5-16-18(13-15)29-14-28-16)24-9-7-23(8-10-24)19(25)17-3-2-11-27-17/h2-5,11,13H,6-10,12,14H2,1H3,(H,21,22). The Hall–Kier alpha value is -3.36. The Morgan fingerprint density at radius 2 is 1.93 bits per heavy atom. The van der Waals surface area contributed by atoms with E-state index in [4.69, 9.17) is 18.6 Å². The van der Waals surface area contributed by atoms with Crippen LogP contribution in [0.5, 0.6) is 17.2 Å². The number of ether oxygens (including phenoxy) is 3. The average molecular weight is 400 g/mol. The lowest BCUT2D eigenvalue weighted by Crippen LogP contribution is -2.54.